The molecule has 2 aromatic heterocycles. The number of fused-ring (bicyclic) bond motifs is 5. The summed E-state index contributed by atoms with van der Waals surface area (Å²) in [7, 11) is 0. The molecular weight excluding hydrogens is 647 g/mol. The lowest BCUT2D eigenvalue weighted by Gasteiger charge is -2.30. The van der Waals surface area contributed by atoms with Crippen molar-refractivity contribution in [1.29, 1.82) is 0 Å². The molecule has 0 amide bonds. The average Bonchev–Trinajstić information content (AvgIpc) is 3.62. The number of hydrogen-bond donors (Lipinski definition) is 0. The van der Waals surface area contributed by atoms with Crippen molar-refractivity contribution in [2.45, 2.75) is 18.8 Å². The van der Waals surface area contributed by atoms with E-state index in [9.17, 15) is 0 Å². The second-order valence-corrected chi connectivity index (χ2v) is 13.9. The molecule has 2 heterocycles. The number of furan rings is 1. The van der Waals surface area contributed by atoms with E-state index in [1.54, 1.807) is 0 Å². The minimum atomic E-state index is 0.132. The van der Waals surface area contributed by atoms with Crippen molar-refractivity contribution < 1.29 is 4.42 Å². The summed E-state index contributed by atoms with van der Waals surface area (Å²) in [4.78, 5) is 14.8. The zero-order chi connectivity index (χ0) is 35.1. The third-order valence-corrected chi connectivity index (χ3v) is 10.5. The van der Waals surface area contributed by atoms with Crippen LogP contribution in [0, 0.1) is 5.92 Å². The number of rotatable bonds is 6. The Bertz CT molecular complexity index is 2620. The van der Waals surface area contributed by atoms with Gasteiger partial charge in [0.15, 0.2) is 17.5 Å². The highest BCUT2D eigenvalue weighted by molar-refractivity contribution is 5.99. The molecular formula is C49H35N3O. The molecule has 2 unspecified atom stereocenters. The molecule has 0 saturated heterocycles. The smallest absolute Gasteiger partial charge is 0.164 e. The van der Waals surface area contributed by atoms with E-state index in [-0.39, 0.29) is 11.8 Å². The second-order valence-electron chi connectivity index (χ2n) is 13.9. The molecule has 10 rings (SSSR count). The van der Waals surface area contributed by atoms with Gasteiger partial charge in [0.2, 0.25) is 0 Å². The van der Waals surface area contributed by atoms with E-state index in [2.05, 4.69) is 115 Å². The van der Waals surface area contributed by atoms with Gasteiger partial charge in [0.25, 0.3) is 0 Å². The van der Waals surface area contributed by atoms with Crippen molar-refractivity contribution in [1.82, 2.24) is 15.0 Å². The van der Waals surface area contributed by atoms with Gasteiger partial charge in [-0.3, -0.25) is 0 Å². The molecule has 0 bridgehead atoms. The Balaban J connectivity index is 1.04. The molecule has 2 atom stereocenters. The first-order chi connectivity index (χ1) is 26.2. The van der Waals surface area contributed by atoms with Gasteiger partial charge in [0.05, 0.1) is 0 Å². The van der Waals surface area contributed by atoms with Crippen LogP contribution >= 0.6 is 0 Å². The van der Waals surface area contributed by atoms with Crippen LogP contribution in [0.3, 0.4) is 0 Å². The van der Waals surface area contributed by atoms with Gasteiger partial charge in [-0.2, -0.15) is 0 Å². The maximum absolute atomic E-state index is 6.70. The van der Waals surface area contributed by atoms with Gasteiger partial charge >= 0.3 is 0 Å². The SMILES string of the molecule is C1=CC2C(c3cccc(-c4cccc(-c5nc(-c6ccccc6)nc(-c6ccccc6)n5)c4)c3)=Cc3c(oc4cc(C5=CCCC=C5)ccc34)C2C=C1. The fourth-order valence-electron chi connectivity index (χ4n) is 7.88. The largest absolute Gasteiger partial charge is 0.460 e. The summed E-state index contributed by atoms with van der Waals surface area (Å²) in [5, 5.41) is 1.16. The summed E-state index contributed by atoms with van der Waals surface area (Å²) in [6, 6.07) is 44.3. The minimum absolute atomic E-state index is 0.132. The van der Waals surface area contributed by atoms with Crippen LogP contribution in [0.2, 0.25) is 0 Å². The Kier molecular flexibility index (Phi) is 7.72. The summed E-state index contributed by atoms with van der Waals surface area (Å²) < 4.78 is 6.70. The summed E-state index contributed by atoms with van der Waals surface area (Å²) in [6.07, 6.45) is 20.3. The van der Waals surface area contributed by atoms with Crippen LogP contribution in [0.25, 0.3) is 73.5 Å². The number of benzene rings is 5. The highest BCUT2D eigenvalue weighted by Gasteiger charge is 2.34. The maximum Gasteiger partial charge on any atom is 0.164 e. The van der Waals surface area contributed by atoms with Crippen molar-refractivity contribution in [2.75, 3.05) is 0 Å². The number of aromatic nitrogens is 3. The Morgan fingerprint density at radius 3 is 1.79 bits per heavy atom. The lowest BCUT2D eigenvalue weighted by Crippen LogP contribution is -2.16. The predicted molar refractivity (Wildman–Crippen MR) is 217 cm³/mol. The number of allylic oxidation sites excluding steroid dienone is 9. The quantitative estimate of drug-likeness (QED) is 0.175. The standard InChI is InChI=1S/C49H35N3O/c1-4-14-32(15-5-1)37-26-27-41-44-31-43(40-24-10-11-25-42(40)46(44)53-45(41)30-37)38-22-12-20-35(28-38)36-21-13-23-39(29-36)49-51-47(33-16-6-2-7-17-33)50-48(52-49)34-18-8-3-9-19-34/h2-4,6-31,40,42H,1,5H2. The van der Waals surface area contributed by atoms with Crippen LogP contribution < -0.4 is 0 Å². The Morgan fingerprint density at radius 1 is 0.509 bits per heavy atom. The molecule has 3 aliphatic carbocycles. The van der Waals surface area contributed by atoms with Gasteiger partial charge in [0.1, 0.15) is 11.3 Å². The summed E-state index contributed by atoms with van der Waals surface area (Å²) in [5.41, 5.74) is 12.2. The van der Waals surface area contributed by atoms with Crippen LogP contribution in [0.5, 0.6) is 0 Å². The Hall–Kier alpha value is -6.65. The first-order valence-corrected chi connectivity index (χ1v) is 18.3. The van der Waals surface area contributed by atoms with Crippen LogP contribution in [-0.2, 0) is 0 Å². The molecule has 0 saturated carbocycles. The molecule has 0 N–H and O–H groups in total. The monoisotopic (exact) mass is 681 g/mol. The first-order valence-electron chi connectivity index (χ1n) is 18.3. The van der Waals surface area contributed by atoms with Gasteiger partial charge in [0, 0.05) is 39.5 Å². The van der Waals surface area contributed by atoms with Crippen LogP contribution in [0.15, 0.2) is 174 Å². The molecule has 0 radical (unpaired) electrons. The molecule has 53 heavy (non-hydrogen) atoms. The lowest BCUT2D eigenvalue weighted by molar-refractivity contribution is 0.496. The van der Waals surface area contributed by atoms with Crippen molar-refractivity contribution in [2.24, 2.45) is 5.92 Å². The molecule has 7 aromatic rings. The van der Waals surface area contributed by atoms with Crippen molar-refractivity contribution in [3.05, 3.63) is 192 Å². The van der Waals surface area contributed by atoms with Crippen molar-refractivity contribution >= 4 is 28.2 Å². The molecule has 252 valence electrons. The van der Waals surface area contributed by atoms with Gasteiger partial charge in [-0.25, -0.2) is 15.0 Å². The van der Waals surface area contributed by atoms with E-state index in [4.69, 9.17) is 19.4 Å². The van der Waals surface area contributed by atoms with Gasteiger partial charge in [-0.05, 0) is 76.6 Å². The van der Waals surface area contributed by atoms with Crippen LogP contribution in [-0.4, -0.2) is 15.0 Å². The molecule has 3 aliphatic rings. The third kappa shape index (κ3) is 5.79. The van der Waals surface area contributed by atoms with Gasteiger partial charge in [-0.15, -0.1) is 0 Å². The van der Waals surface area contributed by atoms with Gasteiger partial charge in [-0.1, -0.05) is 146 Å². The highest BCUT2D eigenvalue weighted by Crippen LogP contribution is 2.49. The zero-order valence-electron chi connectivity index (χ0n) is 29.1. The molecule has 0 aliphatic heterocycles. The van der Waals surface area contributed by atoms with E-state index in [0.717, 1.165) is 57.4 Å². The Labute approximate surface area is 308 Å². The summed E-state index contributed by atoms with van der Waals surface area (Å²) in [5.74, 6) is 3.31. The maximum atomic E-state index is 6.70. The Morgan fingerprint density at radius 2 is 1.11 bits per heavy atom. The van der Waals surface area contributed by atoms with Crippen LogP contribution in [0.4, 0.5) is 0 Å². The summed E-state index contributed by atoms with van der Waals surface area (Å²) >= 11 is 0. The topological polar surface area (TPSA) is 51.8 Å². The van der Waals surface area contributed by atoms with E-state index in [1.165, 1.54) is 27.8 Å². The molecule has 0 fully saturated rings. The van der Waals surface area contributed by atoms with E-state index in [0.29, 0.717) is 17.5 Å². The van der Waals surface area contributed by atoms with Crippen LogP contribution in [0.1, 0.15) is 41.2 Å². The molecule has 4 nitrogen and oxygen atoms in total. The number of hydrogen-bond acceptors (Lipinski definition) is 4. The predicted octanol–water partition coefficient (Wildman–Crippen LogP) is 12.4. The highest BCUT2D eigenvalue weighted by atomic mass is 16.3. The summed E-state index contributed by atoms with van der Waals surface area (Å²) in [6.45, 7) is 0. The molecule has 5 aromatic carbocycles. The molecule has 0 spiro atoms. The molecule has 4 heteroatoms. The first kappa shape index (κ1) is 31.1. The normalized spacial score (nSPS) is 17.3. The van der Waals surface area contributed by atoms with Crippen molar-refractivity contribution in [3.63, 3.8) is 0 Å². The zero-order valence-corrected chi connectivity index (χ0v) is 29.1. The number of nitrogens with zero attached hydrogens (tertiary/aromatic N) is 3. The average molecular weight is 682 g/mol. The minimum Gasteiger partial charge on any atom is -0.460 e. The lowest BCUT2D eigenvalue weighted by atomic mass is 9.73. The van der Waals surface area contributed by atoms with E-state index < -0.39 is 0 Å². The van der Waals surface area contributed by atoms with Crippen molar-refractivity contribution in [3.8, 4) is 45.3 Å². The fraction of sp³-hybridized carbons (Fsp3) is 0.0816. The second kappa shape index (κ2) is 13.2. The van der Waals surface area contributed by atoms with E-state index >= 15 is 0 Å². The fourth-order valence-corrected chi connectivity index (χ4v) is 7.88. The van der Waals surface area contributed by atoms with E-state index in [1.807, 2.05) is 60.7 Å². The third-order valence-electron chi connectivity index (χ3n) is 10.5. The van der Waals surface area contributed by atoms with Gasteiger partial charge < -0.3 is 4.42 Å².